The van der Waals surface area contributed by atoms with Crippen LogP contribution in [0.25, 0.3) is 33.5 Å². The highest BCUT2D eigenvalue weighted by Gasteiger charge is 2.27. The number of thiol groups is 2. The van der Waals surface area contributed by atoms with Crippen LogP contribution < -0.4 is 9.47 Å². The van der Waals surface area contributed by atoms with E-state index in [1.54, 1.807) is 6.07 Å². The zero-order valence-electron chi connectivity index (χ0n) is 30.8. The molecule has 0 fully saturated rings. The molecule has 3 heterocycles. The highest BCUT2D eigenvalue weighted by molar-refractivity contribution is 9.14. The largest absolute Gasteiger partial charge is 0.494 e. The van der Waals surface area contributed by atoms with Gasteiger partial charge in [0, 0.05) is 23.7 Å². The zero-order valence-corrected chi connectivity index (χ0v) is 35.8. The van der Waals surface area contributed by atoms with Gasteiger partial charge in [-0.25, -0.2) is 14.4 Å². The summed E-state index contributed by atoms with van der Waals surface area (Å²) in [6.07, 6.45) is 22.7. The highest BCUT2D eigenvalue weighted by atomic mass is 79.9. The first kappa shape index (κ1) is 39.8. The molecule has 6 rings (SSSR count). The Labute approximate surface area is 337 Å². The van der Waals surface area contributed by atoms with Crippen molar-refractivity contribution in [2.75, 3.05) is 13.2 Å². The molecule has 0 amide bonds. The molecule has 0 N–H and O–H groups in total. The summed E-state index contributed by atoms with van der Waals surface area (Å²) in [4.78, 5) is 12.3. The van der Waals surface area contributed by atoms with E-state index in [2.05, 4.69) is 68.7 Å². The normalized spacial score (nSPS) is 17.8. The molecule has 1 aromatic heterocycles. The molecule has 4 nitrogen and oxygen atoms in total. The number of hydrogen-bond donors (Lipinski definition) is 2. The first-order valence-corrected chi connectivity index (χ1v) is 23.6. The van der Waals surface area contributed by atoms with Gasteiger partial charge in [-0.2, -0.15) is 21.8 Å². The summed E-state index contributed by atoms with van der Waals surface area (Å²) in [6, 6.07) is 18.0. The fraction of sp³-hybridized carbons (Fsp3) is 0.364. The van der Waals surface area contributed by atoms with Crippen molar-refractivity contribution in [1.82, 2.24) is 9.97 Å². The molecule has 0 spiro atoms. The van der Waals surface area contributed by atoms with Crippen LogP contribution in [0, 0.1) is 5.82 Å². The molecule has 53 heavy (non-hydrogen) atoms. The number of fused-ring (bicyclic) bond motifs is 1. The summed E-state index contributed by atoms with van der Waals surface area (Å²) in [5.41, 5.74) is 4.63. The monoisotopic (exact) mass is 880 g/mol. The number of unbranched alkanes of at least 4 members (excludes halogenated alkanes) is 10. The van der Waals surface area contributed by atoms with Gasteiger partial charge in [0.2, 0.25) is 0 Å². The van der Waals surface area contributed by atoms with Crippen molar-refractivity contribution in [1.29, 1.82) is 0 Å². The second-order valence-electron chi connectivity index (χ2n) is 13.5. The Balaban J connectivity index is 1.36. The van der Waals surface area contributed by atoms with Gasteiger partial charge in [0.1, 0.15) is 28.3 Å². The third kappa shape index (κ3) is 10.3. The van der Waals surface area contributed by atoms with Crippen LogP contribution in [0.1, 0.15) is 90.9 Å². The van der Waals surface area contributed by atoms with Crippen LogP contribution in [0.15, 0.2) is 107 Å². The first-order valence-electron chi connectivity index (χ1n) is 19.2. The number of ether oxygens (including phenoxy) is 2. The average Bonchev–Trinajstić information content (AvgIpc) is 3.81. The van der Waals surface area contributed by atoms with E-state index in [4.69, 9.17) is 19.4 Å². The Bertz CT molecular complexity index is 1960. The van der Waals surface area contributed by atoms with Crippen molar-refractivity contribution in [3.8, 4) is 34.0 Å². The van der Waals surface area contributed by atoms with Gasteiger partial charge in [0.25, 0.3) is 0 Å². The lowest BCUT2D eigenvalue weighted by molar-refractivity contribution is 0.304. The summed E-state index contributed by atoms with van der Waals surface area (Å²) in [6.45, 7) is 5.89. The van der Waals surface area contributed by atoms with Gasteiger partial charge in [-0.1, -0.05) is 90.2 Å². The zero-order chi connectivity index (χ0) is 37.0. The lowest BCUT2D eigenvalue weighted by atomic mass is 10.0. The van der Waals surface area contributed by atoms with Crippen molar-refractivity contribution in [2.24, 2.45) is 0 Å². The van der Waals surface area contributed by atoms with Crippen molar-refractivity contribution < 1.29 is 13.9 Å². The van der Waals surface area contributed by atoms with E-state index >= 15 is 4.39 Å². The topological polar surface area (TPSA) is 44.2 Å². The maximum Gasteiger partial charge on any atom is 0.139 e. The fourth-order valence-electron chi connectivity index (χ4n) is 6.62. The van der Waals surface area contributed by atoms with E-state index in [1.807, 2.05) is 60.7 Å². The van der Waals surface area contributed by atoms with Gasteiger partial charge in [-0.15, -0.1) is 0 Å². The van der Waals surface area contributed by atoms with Crippen LogP contribution in [0.2, 0.25) is 0 Å². The summed E-state index contributed by atoms with van der Waals surface area (Å²) in [5.74, 6) is 1.42. The number of hydrogen-bond acceptors (Lipinski definition) is 4. The second-order valence-corrected chi connectivity index (χ2v) is 20.4. The predicted octanol–water partition coefficient (Wildman–Crippen LogP) is 14.8. The second kappa shape index (κ2) is 20.2. The Hall–Kier alpha value is -2.85. The Morgan fingerprint density at radius 2 is 1.04 bits per heavy atom. The molecule has 2 atom stereocenters. The maximum absolute atomic E-state index is 16.5. The third-order valence-electron chi connectivity index (χ3n) is 9.54. The molecule has 4 aromatic rings. The lowest BCUT2D eigenvalue weighted by Crippen LogP contribution is -2.02. The average molecular weight is 883 g/mol. The minimum Gasteiger partial charge on any atom is -0.494 e. The number of halogens is 3. The SMILES string of the molecule is CCCCCCCCOc1ccc(-c2nc3c([SH]4C=CC=C4Br)cc(F)c([SH]4C=CC=C4Br)c3nc2-c2ccc(OCCCCCCCC)cc2)cc1. The molecule has 0 bridgehead atoms. The van der Waals surface area contributed by atoms with Gasteiger partial charge in [0.05, 0.1) is 29.5 Å². The molecule has 2 unspecified atom stereocenters. The van der Waals surface area contributed by atoms with E-state index in [0.717, 1.165) is 59.2 Å². The summed E-state index contributed by atoms with van der Waals surface area (Å²) in [5, 5.41) is 4.21. The highest BCUT2D eigenvalue weighted by Crippen LogP contribution is 2.58. The molecule has 0 saturated carbocycles. The number of nitrogens with zero attached hydrogens (tertiary/aromatic N) is 2. The van der Waals surface area contributed by atoms with Crippen LogP contribution in [-0.2, 0) is 0 Å². The number of benzene rings is 3. The third-order valence-corrected chi connectivity index (χ3v) is 16.3. The smallest absolute Gasteiger partial charge is 0.139 e. The summed E-state index contributed by atoms with van der Waals surface area (Å²) < 4.78 is 30.7. The van der Waals surface area contributed by atoms with Crippen LogP contribution >= 0.6 is 53.6 Å². The molecule has 0 aliphatic carbocycles. The molecular formula is C44H51Br2FN2O2S2. The predicted molar refractivity (Wildman–Crippen MR) is 235 cm³/mol. The summed E-state index contributed by atoms with van der Waals surface area (Å²) >= 11 is 7.49. The van der Waals surface area contributed by atoms with Crippen LogP contribution in [0.4, 0.5) is 4.39 Å². The van der Waals surface area contributed by atoms with E-state index in [-0.39, 0.29) is 5.82 Å². The molecule has 2 aliphatic rings. The van der Waals surface area contributed by atoms with Gasteiger partial charge >= 0.3 is 0 Å². The minimum absolute atomic E-state index is 0.253. The van der Waals surface area contributed by atoms with Crippen LogP contribution in [0.5, 0.6) is 11.5 Å². The van der Waals surface area contributed by atoms with Gasteiger partial charge in [-0.05, 0) is 122 Å². The molecular weight excluding hydrogens is 831 g/mol. The van der Waals surface area contributed by atoms with Crippen molar-refractivity contribution in [3.05, 3.63) is 103 Å². The Morgan fingerprint density at radius 3 is 1.51 bits per heavy atom. The minimum atomic E-state index is -1.09. The quantitative estimate of drug-likeness (QED) is 0.0686. The first-order chi connectivity index (χ1) is 26.0. The lowest BCUT2D eigenvalue weighted by Gasteiger charge is -2.23. The van der Waals surface area contributed by atoms with Crippen molar-refractivity contribution >= 4 is 64.7 Å². The Kier molecular flexibility index (Phi) is 15.2. The molecule has 282 valence electrons. The van der Waals surface area contributed by atoms with Crippen molar-refractivity contribution in [2.45, 2.75) is 101 Å². The van der Waals surface area contributed by atoms with Crippen LogP contribution in [-0.4, -0.2) is 23.2 Å². The standard InChI is InChI=1S/C44H51Br2FN2O2S2/c1-3-5-7-9-11-13-27-50-34-23-19-32(20-24-34)40-41(33-21-25-35(26-22-33)51-28-14-12-10-8-6-4-2)49-43-42(48-40)37(52-29-15-17-38(52)45)31-36(47)44(43)53-30-16-18-39(53)46/h15-26,29-31,52-53H,3-14,27-28H2,1-2H3. The molecule has 0 saturated heterocycles. The van der Waals surface area contributed by atoms with E-state index < -0.39 is 21.8 Å². The molecule has 3 aromatic carbocycles. The molecule has 0 radical (unpaired) electrons. The number of aromatic nitrogens is 2. The van der Waals surface area contributed by atoms with Crippen LogP contribution in [0.3, 0.4) is 0 Å². The maximum atomic E-state index is 16.5. The van der Waals surface area contributed by atoms with Crippen molar-refractivity contribution in [3.63, 3.8) is 0 Å². The van der Waals surface area contributed by atoms with E-state index in [9.17, 15) is 0 Å². The van der Waals surface area contributed by atoms with E-state index in [1.165, 1.54) is 64.2 Å². The molecule has 2 aliphatic heterocycles. The van der Waals surface area contributed by atoms with Gasteiger partial charge < -0.3 is 9.47 Å². The fourth-order valence-corrected chi connectivity index (χ4v) is 12.1. The van der Waals surface area contributed by atoms with Gasteiger partial charge in [-0.3, -0.25) is 0 Å². The van der Waals surface area contributed by atoms with E-state index in [0.29, 0.717) is 29.3 Å². The van der Waals surface area contributed by atoms with Gasteiger partial charge in [0.15, 0.2) is 0 Å². The Morgan fingerprint density at radius 1 is 0.585 bits per heavy atom. The summed E-state index contributed by atoms with van der Waals surface area (Å²) in [7, 11) is -2.05. The number of allylic oxidation sites excluding steroid dienone is 4. The number of rotatable bonds is 20. The molecule has 9 heteroatoms.